The number of carbonyl (C=O) groups is 2. The van der Waals surface area contributed by atoms with Crippen LogP contribution in [0.5, 0.6) is 0 Å². The fraction of sp³-hybridized carbons (Fsp3) is 0.571. The van der Waals surface area contributed by atoms with Crippen molar-refractivity contribution in [3.8, 4) is 0 Å². The highest BCUT2D eigenvalue weighted by Crippen LogP contribution is 2.28. The largest absolute Gasteiger partial charge is 0.469 e. The Morgan fingerprint density at radius 1 is 1.35 bits per heavy atom. The molecule has 1 aromatic heterocycles. The Hall–Kier alpha value is -1.82. The number of amides is 2. The van der Waals surface area contributed by atoms with Gasteiger partial charge in [0.05, 0.1) is 24.0 Å². The van der Waals surface area contributed by atoms with Crippen molar-refractivity contribution in [1.29, 1.82) is 0 Å². The van der Waals surface area contributed by atoms with Crippen molar-refractivity contribution < 1.29 is 19.1 Å². The molecule has 0 bridgehead atoms. The van der Waals surface area contributed by atoms with E-state index in [1.165, 1.54) is 6.26 Å². The molecule has 0 spiro atoms. The third-order valence-corrected chi connectivity index (χ3v) is 3.66. The zero-order valence-electron chi connectivity index (χ0n) is 11.6. The van der Waals surface area contributed by atoms with Crippen molar-refractivity contribution in [3.05, 3.63) is 23.7 Å². The van der Waals surface area contributed by atoms with E-state index in [0.717, 1.165) is 12.8 Å². The first-order chi connectivity index (χ1) is 9.50. The van der Waals surface area contributed by atoms with Gasteiger partial charge in [0.2, 0.25) is 5.91 Å². The van der Waals surface area contributed by atoms with Crippen molar-refractivity contribution >= 4 is 11.8 Å². The lowest BCUT2D eigenvalue weighted by molar-refractivity contribution is -0.121. The number of hydrogen-bond acceptors (Lipinski definition) is 4. The Kier molecular flexibility index (Phi) is 4.44. The summed E-state index contributed by atoms with van der Waals surface area (Å²) in [5.41, 5.74) is -0.354. The van der Waals surface area contributed by atoms with E-state index in [0.29, 0.717) is 24.2 Å². The van der Waals surface area contributed by atoms with Crippen molar-refractivity contribution in [2.45, 2.75) is 38.2 Å². The first kappa shape index (κ1) is 14.6. The van der Waals surface area contributed by atoms with E-state index in [2.05, 4.69) is 10.6 Å². The number of carbonyl (C=O) groups excluding carboxylic acids is 2. The van der Waals surface area contributed by atoms with Gasteiger partial charge < -0.3 is 20.2 Å². The van der Waals surface area contributed by atoms with Gasteiger partial charge in [0, 0.05) is 6.54 Å². The summed E-state index contributed by atoms with van der Waals surface area (Å²) in [5, 5.41) is 15.3. The van der Waals surface area contributed by atoms with Crippen LogP contribution in [0.1, 0.15) is 41.8 Å². The first-order valence-corrected chi connectivity index (χ1v) is 6.82. The maximum Gasteiger partial charge on any atom is 0.255 e. The molecule has 1 heterocycles. The number of nitrogens with one attached hydrogen (secondary N) is 2. The van der Waals surface area contributed by atoms with E-state index in [4.69, 9.17) is 4.42 Å². The molecule has 1 fully saturated rings. The fourth-order valence-corrected chi connectivity index (χ4v) is 2.41. The Balaban J connectivity index is 1.72. The normalized spacial score (nSPS) is 16.9. The van der Waals surface area contributed by atoms with Crippen LogP contribution in [0.15, 0.2) is 16.7 Å². The van der Waals surface area contributed by atoms with E-state index in [1.54, 1.807) is 13.0 Å². The number of aryl methyl sites for hydroxylation is 1. The van der Waals surface area contributed by atoms with Gasteiger partial charge in [0.15, 0.2) is 0 Å². The second-order valence-electron chi connectivity index (χ2n) is 5.28. The first-order valence-electron chi connectivity index (χ1n) is 6.82. The van der Waals surface area contributed by atoms with E-state index in [1.807, 2.05) is 0 Å². The molecule has 0 unspecified atom stereocenters. The Labute approximate surface area is 117 Å². The molecule has 6 heteroatoms. The zero-order valence-corrected chi connectivity index (χ0v) is 11.6. The minimum absolute atomic E-state index is 0.112. The van der Waals surface area contributed by atoms with Gasteiger partial charge >= 0.3 is 0 Å². The molecule has 1 aromatic rings. The Morgan fingerprint density at radius 2 is 2.05 bits per heavy atom. The van der Waals surface area contributed by atoms with Crippen molar-refractivity contribution in [2.75, 3.05) is 13.1 Å². The van der Waals surface area contributed by atoms with Crippen LogP contribution in [0.25, 0.3) is 0 Å². The Morgan fingerprint density at radius 3 is 2.65 bits per heavy atom. The monoisotopic (exact) mass is 280 g/mol. The lowest BCUT2D eigenvalue weighted by atomic mass is 10.0. The van der Waals surface area contributed by atoms with Gasteiger partial charge in [-0.2, -0.15) is 0 Å². The van der Waals surface area contributed by atoms with Gasteiger partial charge in [0.25, 0.3) is 5.91 Å². The second-order valence-corrected chi connectivity index (χ2v) is 5.28. The lowest BCUT2D eigenvalue weighted by Gasteiger charge is -2.22. The summed E-state index contributed by atoms with van der Waals surface area (Å²) >= 11 is 0. The lowest BCUT2D eigenvalue weighted by Crippen LogP contribution is -2.44. The van der Waals surface area contributed by atoms with Crippen molar-refractivity contribution in [2.24, 2.45) is 0 Å². The highest BCUT2D eigenvalue weighted by Gasteiger charge is 2.31. The number of hydrogen-bond donors (Lipinski definition) is 3. The highest BCUT2D eigenvalue weighted by atomic mass is 16.3. The van der Waals surface area contributed by atoms with Crippen LogP contribution < -0.4 is 10.6 Å². The van der Waals surface area contributed by atoms with Crippen LogP contribution in [-0.4, -0.2) is 35.6 Å². The van der Waals surface area contributed by atoms with Crippen LogP contribution in [0.3, 0.4) is 0 Å². The molecule has 110 valence electrons. The molecule has 0 atom stereocenters. The fourth-order valence-electron chi connectivity index (χ4n) is 2.41. The molecule has 6 nitrogen and oxygen atoms in total. The second kappa shape index (κ2) is 6.09. The molecular weight excluding hydrogens is 260 g/mol. The van der Waals surface area contributed by atoms with Gasteiger partial charge in [-0.05, 0) is 25.8 Å². The van der Waals surface area contributed by atoms with E-state index in [9.17, 15) is 14.7 Å². The predicted octanol–water partition coefficient (Wildman–Crippen LogP) is 0.739. The van der Waals surface area contributed by atoms with E-state index < -0.39 is 5.60 Å². The standard InChI is InChI=1S/C14H20N2O4/c1-10-11(4-7-20-10)13(18)15-8-12(17)16-9-14(19)5-2-3-6-14/h4,7,19H,2-3,5-6,8-9H2,1H3,(H,15,18)(H,16,17). The van der Waals surface area contributed by atoms with Gasteiger partial charge in [-0.1, -0.05) is 12.8 Å². The number of aliphatic hydroxyl groups is 1. The summed E-state index contributed by atoms with van der Waals surface area (Å²) < 4.78 is 5.03. The van der Waals surface area contributed by atoms with Crippen LogP contribution in [-0.2, 0) is 4.79 Å². The molecule has 1 aliphatic rings. The van der Waals surface area contributed by atoms with Crippen molar-refractivity contribution in [1.82, 2.24) is 10.6 Å². The van der Waals surface area contributed by atoms with Gasteiger partial charge in [-0.15, -0.1) is 0 Å². The molecule has 0 radical (unpaired) electrons. The van der Waals surface area contributed by atoms with Crippen LogP contribution in [0.2, 0.25) is 0 Å². The summed E-state index contributed by atoms with van der Waals surface area (Å²) in [7, 11) is 0. The van der Waals surface area contributed by atoms with Gasteiger partial charge in [-0.3, -0.25) is 9.59 Å². The molecule has 1 saturated carbocycles. The van der Waals surface area contributed by atoms with Crippen LogP contribution in [0.4, 0.5) is 0 Å². The zero-order chi connectivity index (χ0) is 14.6. The summed E-state index contributed by atoms with van der Waals surface area (Å²) in [6.45, 7) is 1.82. The molecule has 1 aliphatic carbocycles. The van der Waals surface area contributed by atoms with Gasteiger partial charge in [-0.25, -0.2) is 0 Å². The third kappa shape index (κ3) is 3.60. The molecule has 0 aliphatic heterocycles. The number of furan rings is 1. The summed E-state index contributed by atoms with van der Waals surface area (Å²) in [4.78, 5) is 23.4. The summed E-state index contributed by atoms with van der Waals surface area (Å²) in [6, 6.07) is 1.56. The van der Waals surface area contributed by atoms with Gasteiger partial charge in [0.1, 0.15) is 5.76 Å². The molecule has 2 amide bonds. The molecule has 20 heavy (non-hydrogen) atoms. The summed E-state index contributed by atoms with van der Waals surface area (Å²) in [6.07, 6.45) is 4.84. The smallest absolute Gasteiger partial charge is 0.255 e. The van der Waals surface area contributed by atoms with E-state index in [-0.39, 0.29) is 24.9 Å². The topological polar surface area (TPSA) is 91.6 Å². The molecule has 0 aromatic carbocycles. The SMILES string of the molecule is Cc1occc1C(=O)NCC(=O)NCC1(O)CCCC1. The number of rotatable bonds is 5. The minimum Gasteiger partial charge on any atom is -0.469 e. The molecular formula is C14H20N2O4. The maximum atomic E-state index is 11.8. The molecule has 3 N–H and O–H groups in total. The molecule has 0 saturated heterocycles. The average molecular weight is 280 g/mol. The van der Waals surface area contributed by atoms with Crippen molar-refractivity contribution in [3.63, 3.8) is 0 Å². The predicted molar refractivity (Wildman–Crippen MR) is 72.2 cm³/mol. The highest BCUT2D eigenvalue weighted by molar-refractivity contribution is 5.97. The van der Waals surface area contributed by atoms with Crippen LogP contribution in [0, 0.1) is 6.92 Å². The maximum absolute atomic E-state index is 11.8. The van der Waals surface area contributed by atoms with Crippen LogP contribution >= 0.6 is 0 Å². The van der Waals surface area contributed by atoms with E-state index >= 15 is 0 Å². The third-order valence-electron chi connectivity index (χ3n) is 3.66. The molecule has 2 rings (SSSR count). The minimum atomic E-state index is -0.777. The Bertz CT molecular complexity index is 489. The average Bonchev–Trinajstić information content (AvgIpc) is 3.03. The quantitative estimate of drug-likeness (QED) is 0.742. The summed E-state index contributed by atoms with van der Waals surface area (Å²) in [5.74, 6) is -0.131.